The summed E-state index contributed by atoms with van der Waals surface area (Å²) in [6, 6.07) is -0.0655. The maximum atomic E-state index is 11.9. The van der Waals surface area contributed by atoms with Gasteiger partial charge in [-0.05, 0) is 45.2 Å². The molecular formula is C12H26N2OS. The molecule has 3 nitrogen and oxygen atoms in total. The van der Waals surface area contributed by atoms with Gasteiger partial charge in [-0.25, -0.2) is 0 Å². The first-order valence-electron chi connectivity index (χ1n) is 6.07. The van der Waals surface area contributed by atoms with Gasteiger partial charge in [0.1, 0.15) is 0 Å². The van der Waals surface area contributed by atoms with Gasteiger partial charge in [0, 0.05) is 13.1 Å². The molecule has 0 saturated heterocycles. The molecule has 0 aromatic rings. The first kappa shape index (κ1) is 15.8. The van der Waals surface area contributed by atoms with E-state index in [-0.39, 0.29) is 11.9 Å². The highest BCUT2D eigenvalue weighted by Gasteiger charge is 2.17. The van der Waals surface area contributed by atoms with E-state index in [4.69, 9.17) is 0 Å². The summed E-state index contributed by atoms with van der Waals surface area (Å²) in [6.07, 6.45) is 2.11. The Labute approximate surface area is 104 Å². The molecule has 0 radical (unpaired) electrons. The number of carbonyl (C=O) groups is 1. The molecule has 1 amide bonds. The number of likely N-dealkylation sites (N-methyl/N-ethyl adjacent to an activating group) is 1. The first-order chi connectivity index (χ1) is 7.56. The van der Waals surface area contributed by atoms with Crippen LogP contribution in [0.1, 0.15) is 27.7 Å². The molecule has 0 aliphatic carbocycles. The van der Waals surface area contributed by atoms with Gasteiger partial charge in [-0.2, -0.15) is 11.8 Å². The van der Waals surface area contributed by atoms with E-state index in [1.807, 2.05) is 37.4 Å². The molecule has 0 saturated carbocycles. The van der Waals surface area contributed by atoms with E-state index in [9.17, 15) is 4.79 Å². The molecular weight excluding hydrogens is 220 g/mol. The number of nitrogens with zero attached hydrogens (tertiary/aromatic N) is 1. The van der Waals surface area contributed by atoms with Crippen molar-refractivity contribution < 1.29 is 4.79 Å². The van der Waals surface area contributed by atoms with Crippen LogP contribution in [0.25, 0.3) is 0 Å². The monoisotopic (exact) mass is 246 g/mol. The Balaban J connectivity index is 3.95. The first-order valence-corrected chi connectivity index (χ1v) is 7.47. The van der Waals surface area contributed by atoms with Crippen LogP contribution in [0.15, 0.2) is 0 Å². The topological polar surface area (TPSA) is 32.3 Å². The van der Waals surface area contributed by atoms with Gasteiger partial charge in [-0.1, -0.05) is 6.92 Å². The van der Waals surface area contributed by atoms with Crippen LogP contribution in [0, 0.1) is 5.92 Å². The third-order valence-electron chi connectivity index (χ3n) is 2.67. The third kappa shape index (κ3) is 5.75. The summed E-state index contributed by atoms with van der Waals surface area (Å²) in [6.45, 7) is 10.7. The van der Waals surface area contributed by atoms with E-state index < -0.39 is 0 Å². The molecule has 2 atom stereocenters. The van der Waals surface area contributed by atoms with Crippen LogP contribution in [0.3, 0.4) is 0 Å². The van der Waals surface area contributed by atoms with E-state index in [1.165, 1.54) is 0 Å². The maximum absolute atomic E-state index is 11.9. The van der Waals surface area contributed by atoms with Crippen LogP contribution in [0.2, 0.25) is 0 Å². The Kier molecular flexibility index (Phi) is 8.76. The number of nitrogens with one attached hydrogen (secondary N) is 1. The van der Waals surface area contributed by atoms with Crippen molar-refractivity contribution in [1.29, 1.82) is 0 Å². The Hall–Kier alpha value is -0.220. The predicted octanol–water partition coefficient (Wildman–Crippen LogP) is 1.83. The predicted molar refractivity (Wildman–Crippen MR) is 72.9 cm³/mol. The van der Waals surface area contributed by atoms with Crippen LogP contribution in [0.4, 0.5) is 0 Å². The highest BCUT2D eigenvalue weighted by Crippen LogP contribution is 2.03. The Morgan fingerprint density at radius 1 is 1.31 bits per heavy atom. The zero-order valence-electron chi connectivity index (χ0n) is 11.2. The van der Waals surface area contributed by atoms with Gasteiger partial charge in [0.05, 0.1) is 6.04 Å². The van der Waals surface area contributed by atoms with Crippen molar-refractivity contribution in [3.05, 3.63) is 0 Å². The number of amides is 1. The van der Waals surface area contributed by atoms with Crippen LogP contribution in [-0.4, -0.2) is 48.5 Å². The third-order valence-corrected chi connectivity index (χ3v) is 3.57. The van der Waals surface area contributed by atoms with Crippen LogP contribution in [0.5, 0.6) is 0 Å². The number of rotatable bonds is 8. The minimum atomic E-state index is -0.0655. The van der Waals surface area contributed by atoms with Crippen molar-refractivity contribution >= 4 is 17.7 Å². The van der Waals surface area contributed by atoms with Crippen molar-refractivity contribution in [2.45, 2.75) is 33.7 Å². The molecule has 0 heterocycles. The molecule has 0 fully saturated rings. The smallest absolute Gasteiger partial charge is 0.239 e. The zero-order chi connectivity index (χ0) is 12.6. The quantitative estimate of drug-likeness (QED) is 0.709. The van der Waals surface area contributed by atoms with E-state index in [0.717, 1.165) is 25.4 Å². The van der Waals surface area contributed by atoms with E-state index in [0.29, 0.717) is 5.92 Å². The highest BCUT2D eigenvalue weighted by molar-refractivity contribution is 7.98. The SMILES string of the molecule is CCN(CC)C(=O)C(C)NCC(C)CSC. The molecule has 0 rings (SSSR count). The average molecular weight is 246 g/mol. The molecule has 0 aliphatic rings. The normalized spacial score (nSPS) is 14.6. The molecule has 2 unspecified atom stereocenters. The molecule has 0 aromatic heterocycles. The number of thioether (sulfide) groups is 1. The number of carbonyl (C=O) groups excluding carboxylic acids is 1. The lowest BCUT2D eigenvalue weighted by Crippen LogP contribution is -2.46. The number of hydrogen-bond donors (Lipinski definition) is 1. The van der Waals surface area contributed by atoms with Gasteiger partial charge >= 0.3 is 0 Å². The second-order valence-corrected chi connectivity index (χ2v) is 5.11. The van der Waals surface area contributed by atoms with E-state index in [1.54, 1.807) is 0 Å². The summed E-state index contributed by atoms with van der Waals surface area (Å²) in [5, 5.41) is 3.31. The lowest BCUT2D eigenvalue weighted by Gasteiger charge is -2.24. The van der Waals surface area contributed by atoms with Gasteiger partial charge in [-0.15, -0.1) is 0 Å². The fraction of sp³-hybridized carbons (Fsp3) is 0.917. The van der Waals surface area contributed by atoms with Crippen molar-refractivity contribution in [3.63, 3.8) is 0 Å². The minimum absolute atomic E-state index is 0.0655. The average Bonchev–Trinajstić information content (AvgIpc) is 2.27. The van der Waals surface area contributed by atoms with Crippen molar-refractivity contribution in [3.8, 4) is 0 Å². The summed E-state index contributed by atoms with van der Waals surface area (Å²) in [5.41, 5.74) is 0. The van der Waals surface area contributed by atoms with E-state index >= 15 is 0 Å². The minimum Gasteiger partial charge on any atom is -0.342 e. The lowest BCUT2D eigenvalue weighted by molar-refractivity contribution is -0.132. The maximum Gasteiger partial charge on any atom is 0.239 e. The summed E-state index contributed by atoms with van der Waals surface area (Å²) in [4.78, 5) is 13.8. The number of hydrogen-bond acceptors (Lipinski definition) is 3. The van der Waals surface area contributed by atoms with Crippen LogP contribution in [-0.2, 0) is 4.79 Å². The standard InChI is InChI=1S/C12H26N2OS/c1-6-14(7-2)12(15)11(4)13-8-10(3)9-16-5/h10-11,13H,6-9H2,1-5H3. The van der Waals surface area contributed by atoms with Crippen LogP contribution >= 0.6 is 11.8 Å². The molecule has 0 aromatic carbocycles. The fourth-order valence-electron chi connectivity index (χ4n) is 1.62. The highest BCUT2D eigenvalue weighted by atomic mass is 32.2. The summed E-state index contributed by atoms with van der Waals surface area (Å²) < 4.78 is 0. The molecule has 16 heavy (non-hydrogen) atoms. The lowest BCUT2D eigenvalue weighted by atomic mass is 10.2. The summed E-state index contributed by atoms with van der Waals surface area (Å²) in [5.74, 6) is 1.96. The van der Waals surface area contributed by atoms with Gasteiger partial charge in [0.25, 0.3) is 0 Å². The molecule has 0 spiro atoms. The van der Waals surface area contributed by atoms with Gasteiger partial charge in [-0.3, -0.25) is 4.79 Å². The Morgan fingerprint density at radius 2 is 1.88 bits per heavy atom. The molecule has 0 aliphatic heterocycles. The van der Waals surface area contributed by atoms with Crippen molar-refractivity contribution in [1.82, 2.24) is 10.2 Å². The second kappa shape index (κ2) is 8.88. The second-order valence-electron chi connectivity index (χ2n) is 4.20. The molecule has 0 bridgehead atoms. The van der Waals surface area contributed by atoms with Crippen molar-refractivity contribution in [2.75, 3.05) is 31.6 Å². The molecule has 4 heteroatoms. The summed E-state index contributed by atoms with van der Waals surface area (Å²) >= 11 is 1.85. The van der Waals surface area contributed by atoms with Crippen LogP contribution < -0.4 is 5.32 Å². The zero-order valence-corrected chi connectivity index (χ0v) is 12.1. The Bertz CT molecular complexity index is 195. The van der Waals surface area contributed by atoms with Crippen molar-refractivity contribution in [2.24, 2.45) is 5.92 Å². The van der Waals surface area contributed by atoms with Gasteiger partial charge in [0.15, 0.2) is 0 Å². The molecule has 1 N–H and O–H groups in total. The molecule has 96 valence electrons. The van der Waals surface area contributed by atoms with E-state index in [2.05, 4.69) is 18.5 Å². The van der Waals surface area contributed by atoms with Gasteiger partial charge < -0.3 is 10.2 Å². The Morgan fingerprint density at radius 3 is 2.31 bits per heavy atom. The largest absolute Gasteiger partial charge is 0.342 e. The fourth-order valence-corrected chi connectivity index (χ4v) is 2.30. The van der Waals surface area contributed by atoms with Gasteiger partial charge in [0.2, 0.25) is 5.91 Å². The summed E-state index contributed by atoms with van der Waals surface area (Å²) in [7, 11) is 0.